The van der Waals surface area contributed by atoms with E-state index in [0.29, 0.717) is 63.6 Å². The van der Waals surface area contributed by atoms with Crippen molar-refractivity contribution in [3.8, 4) is 0 Å². The number of carbonyl (C=O) groups is 2. The van der Waals surface area contributed by atoms with Crippen molar-refractivity contribution in [2.75, 3.05) is 37.6 Å². The van der Waals surface area contributed by atoms with Gasteiger partial charge in [-0.2, -0.15) is 0 Å². The fourth-order valence-electron chi connectivity index (χ4n) is 3.05. The van der Waals surface area contributed by atoms with Gasteiger partial charge in [0, 0.05) is 45.6 Å². The summed E-state index contributed by atoms with van der Waals surface area (Å²) >= 11 is 0. The summed E-state index contributed by atoms with van der Waals surface area (Å²) < 4.78 is 13.8. The minimum atomic E-state index is -0.226. The topological polar surface area (TPSA) is 52.7 Å². The van der Waals surface area contributed by atoms with Crippen LogP contribution in [0.1, 0.15) is 39.5 Å². The lowest BCUT2D eigenvalue weighted by Crippen LogP contribution is -2.49. The van der Waals surface area contributed by atoms with Crippen LogP contribution in [0.4, 0.5) is 10.1 Å². The van der Waals surface area contributed by atoms with Gasteiger partial charge in [-0.05, 0) is 30.9 Å². The van der Waals surface area contributed by atoms with E-state index in [-0.39, 0.29) is 17.6 Å². The molecule has 1 saturated heterocycles. The van der Waals surface area contributed by atoms with Crippen molar-refractivity contribution in [1.82, 2.24) is 10.2 Å². The second-order valence-electron chi connectivity index (χ2n) is 7.21. The molecule has 0 aromatic heterocycles. The number of hydrogen-bond acceptors (Lipinski definition) is 3. The molecule has 2 amide bonds. The summed E-state index contributed by atoms with van der Waals surface area (Å²) in [6.07, 6.45) is 2.31. The number of carbonyl (C=O) groups excluding carboxylic acids is 2. The summed E-state index contributed by atoms with van der Waals surface area (Å²) in [5.41, 5.74) is 0.595. The van der Waals surface area contributed by atoms with Gasteiger partial charge in [-0.1, -0.05) is 26.0 Å². The number of nitrogens with zero attached hydrogens (tertiary/aromatic N) is 2. The predicted octanol–water partition coefficient (Wildman–Crippen LogP) is 2.81. The lowest BCUT2D eigenvalue weighted by atomic mass is 10.1. The average molecular weight is 363 g/mol. The van der Waals surface area contributed by atoms with Gasteiger partial charge < -0.3 is 15.1 Å². The third-order valence-corrected chi connectivity index (χ3v) is 4.66. The zero-order valence-electron chi connectivity index (χ0n) is 15.8. The second-order valence-corrected chi connectivity index (χ2v) is 7.21. The number of nitrogens with one attached hydrogen (secondary N) is 1. The molecule has 1 aromatic rings. The van der Waals surface area contributed by atoms with E-state index < -0.39 is 0 Å². The Morgan fingerprint density at radius 3 is 2.46 bits per heavy atom. The smallest absolute Gasteiger partial charge is 0.222 e. The number of amides is 2. The molecule has 1 fully saturated rings. The minimum Gasteiger partial charge on any atom is -0.366 e. The lowest BCUT2D eigenvalue weighted by molar-refractivity contribution is -0.131. The fraction of sp³-hybridized carbons (Fsp3) is 0.600. The summed E-state index contributed by atoms with van der Waals surface area (Å²) in [5.74, 6) is 0.437. The molecular formula is C20H30FN3O2. The van der Waals surface area contributed by atoms with Crippen molar-refractivity contribution in [1.29, 1.82) is 0 Å². The molecule has 0 unspecified atom stereocenters. The number of benzene rings is 1. The predicted molar refractivity (Wildman–Crippen MR) is 102 cm³/mol. The van der Waals surface area contributed by atoms with Gasteiger partial charge in [0.25, 0.3) is 0 Å². The average Bonchev–Trinajstić information content (AvgIpc) is 2.62. The maximum atomic E-state index is 13.8. The molecule has 0 aliphatic carbocycles. The van der Waals surface area contributed by atoms with E-state index in [1.807, 2.05) is 15.9 Å². The van der Waals surface area contributed by atoms with E-state index in [1.54, 1.807) is 12.1 Å². The van der Waals surface area contributed by atoms with Gasteiger partial charge in [0.15, 0.2) is 0 Å². The Morgan fingerprint density at radius 1 is 1.12 bits per heavy atom. The third-order valence-electron chi connectivity index (χ3n) is 4.66. The van der Waals surface area contributed by atoms with Crippen LogP contribution in [0.3, 0.4) is 0 Å². The van der Waals surface area contributed by atoms with Gasteiger partial charge in [-0.25, -0.2) is 4.39 Å². The fourth-order valence-corrected chi connectivity index (χ4v) is 3.05. The molecule has 26 heavy (non-hydrogen) atoms. The molecule has 0 radical (unpaired) electrons. The van der Waals surface area contributed by atoms with Gasteiger partial charge in [0.05, 0.1) is 5.69 Å². The quantitative estimate of drug-likeness (QED) is 0.773. The Hall–Kier alpha value is -2.11. The van der Waals surface area contributed by atoms with Crippen LogP contribution >= 0.6 is 0 Å². The van der Waals surface area contributed by atoms with Gasteiger partial charge in [0.2, 0.25) is 11.8 Å². The van der Waals surface area contributed by atoms with Crippen LogP contribution in [0.25, 0.3) is 0 Å². The van der Waals surface area contributed by atoms with Crippen LogP contribution < -0.4 is 10.2 Å². The number of anilines is 1. The Kier molecular flexibility index (Phi) is 7.88. The van der Waals surface area contributed by atoms with Crippen LogP contribution in [0.2, 0.25) is 0 Å². The molecule has 0 atom stereocenters. The summed E-state index contributed by atoms with van der Waals surface area (Å²) in [5, 5.41) is 2.89. The summed E-state index contributed by atoms with van der Waals surface area (Å²) in [7, 11) is 0. The summed E-state index contributed by atoms with van der Waals surface area (Å²) in [6, 6.07) is 6.73. The molecule has 1 aliphatic heterocycles. The van der Waals surface area contributed by atoms with E-state index in [2.05, 4.69) is 19.2 Å². The number of piperazine rings is 1. The molecule has 6 heteroatoms. The van der Waals surface area contributed by atoms with Gasteiger partial charge >= 0.3 is 0 Å². The first-order valence-corrected chi connectivity index (χ1v) is 9.51. The van der Waals surface area contributed by atoms with E-state index in [1.165, 1.54) is 6.07 Å². The summed E-state index contributed by atoms with van der Waals surface area (Å²) in [6.45, 7) is 7.38. The molecule has 0 bridgehead atoms. The molecule has 1 aliphatic rings. The van der Waals surface area contributed by atoms with Crippen LogP contribution in [0, 0.1) is 11.7 Å². The zero-order chi connectivity index (χ0) is 18.9. The van der Waals surface area contributed by atoms with Crippen molar-refractivity contribution < 1.29 is 14.0 Å². The Morgan fingerprint density at radius 2 is 1.81 bits per heavy atom. The second kappa shape index (κ2) is 10.1. The molecule has 0 saturated carbocycles. The highest BCUT2D eigenvalue weighted by atomic mass is 19.1. The number of para-hydroxylation sites is 1. The highest BCUT2D eigenvalue weighted by Gasteiger charge is 2.22. The zero-order valence-corrected chi connectivity index (χ0v) is 15.8. The number of rotatable bonds is 8. The monoisotopic (exact) mass is 363 g/mol. The van der Waals surface area contributed by atoms with Gasteiger partial charge in [-0.15, -0.1) is 0 Å². The maximum Gasteiger partial charge on any atom is 0.222 e. The first-order valence-electron chi connectivity index (χ1n) is 9.51. The molecule has 1 aromatic carbocycles. The third kappa shape index (κ3) is 6.32. The van der Waals surface area contributed by atoms with Crippen molar-refractivity contribution in [2.24, 2.45) is 5.92 Å². The molecule has 2 rings (SSSR count). The largest absolute Gasteiger partial charge is 0.366 e. The van der Waals surface area contributed by atoms with Crippen LogP contribution in [0.15, 0.2) is 24.3 Å². The number of hydrogen-bond donors (Lipinski definition) is 1. The van der Waals surface area contributed by atoms with E-state index in [4.69, 9.17) is 0 Å². The van der Waals surface area contributed by atoms with Crippen molar-refractivity contribution >= 4 is 17.5 Å². The van der Waals surface area contributed by atoms with Crippen molar-refractivity contribution in [3.05, 3.63) is 30.1 Å². The Bertz CT molecular complexity index is 598. The minimum absolute atomic E-state index is 0.0165. The standard InChI is InChI=1S/C20H30FN3O2/c1-16(2)10-11-22-19(25)8-5-9-20(26)24-14-12-23(13-15-24)18-7-4-3-6-17(18)21/h3-4,6-7,16H,5,8-15H2,1-2H3,(H,22,25). The van der Waals surface area contributed by atoms with Gasteiger partial charge in [-0.3, -0.25) is 9.59 Å². The van der Waals surface area contributed by atoms with Crippen LogP contribution in [-0.4, -0.2) is 49.4 Å². The van der Waals surface area contributed by atoms with E-state index in [9.17, 15) is 14.0 Å². The SMILES string of the molecule is CC(C)CCNC(=O)CCCC(=O)N1CCN(c2ccccc2F)CC1. The Labute approximate surface area is 155 Å². The normalized spacial score (nSPS) is 14.6. The van der Waals surface area contributed by atoms with E-state index >= 15 is 0 Å². The van der Waals surface area contributed by atoms with Crippen LogP contribution in [-0.2, 0) is 9.59 Å². The molecule has 1 N–H and O–H groups in total. The van der Waals surface area contributed by atoms with Gasteiger partial charge in [0.1, 0.15) is 5.82 Å². The van der Waals surface area contributed by atoms with Crippen molar-refractivity contribution in [2.45, 2.75) is 39.5 Å². The number of halogens is 1. The highest BCUT2D eigenvalue weighted by Crippen LogP contribution is 2.20. The highest BCUT2D eigenvalue weighted by molar-refractivity contribution is 5.79. The maximum absolute atomic E-state index is 13.8. The lowest BCUT2D eigenvalue weighted by Gasteiger charge is -2.36. The Balaban J connectivity index is 1.65. The first kappa shape index (κ1) is 20.2. The molecular weight excluding hydrogens is 333 g/mol. The summed E-state index contributed by atoms with van der Waals surface area (Å²) in [4.78, 5) is 27.8. The first-order chi connectivity index (χ1) is 12.5. The molecule has 5 nitrogen and oxygen atoms in total. The van der Waals surface area contributed by atoms with Crippen LogP contribution in [0.5, 0.6) is 0 Å². The van der Waals surface area contributed by atoms with Crippen molar-refractivity contribution in [3.63, 3.8) is 0 Å². The van der Waals surface area contributed by atoms with E-state index in [0.717, 1.165) is 6.42 Å². The molecule has 0 spiro atoms. The molecule has 1 heterocycles. The molecule has 144 valence electrons.